The molecule has 2 aromatic rings. The highest BCUT2D eigenvalue weighted by atomic mass is 79.9. The molecule has 0 fully saturated rings. The van der Waals surface area contributed by atoms with Crippen LogP contribution in [0.1, 0.15) is 33.5 Å². The Morgan fingerprint density at radius 1 is 1.05 bits per heavy atom. The summed E-state index contributed by atoms with van der Waals surface area (Å²) in [5, 5.41) is 0. The molecule has 20 heavy (non-hydrogen) atoms. The molecule has 0 aromatic heterocycles. The van der Waals surface area contributed by atoms with Crippen molar-refractivity contribution in [2.24, 2.45) is 0 Å². The number of hydrogen-bond acceptors (Lipinski definition) is 2. The van der Waals surface area contributed by atoms with Crippen molar-refractivity contribution in [1.29, 1.82) is 0 Å². The highest BCUT2D eigenvalue weighted by molar-refractivity contribution is 9.10. The molecule has 0 radical (unpaired) electrons. The first-order valence-electron chi connectivity index (χ1n) is 6.69. The van der Waals surface area contributed by atoms with E-state index in [1.807, 2.05) is 24.3 Å². The fourth-order valence-corrected chi connectivity index (χ4v) is 3.23. The van der Waals surface area contributed by atoms with Gasteiger partial charge in [0.2, 0.25) is 0 Å². The van der Waals surface area contributed by atoms with E-state index in [0.29, 0.717) is 5.56 Å². The number of benzene rings is 2. The molecular formula is C17H15BrO2. The second kappa shape index (κ2) is 5.41. The van der Waals surface area contributed by atoms with E-state index in [1.54, 1.807) is 13.2 Å². The van der Waals surface area contributed by atoms with Gasteiger partial charge in [0.05, 0.1) is 11.6 Å². The van der Waals surface area contributed by atoms with Crippen LogP contribution in [0.3, 0.4) is 0 Å². The summed E-state index contributed by atoms with van der Waals surface area (Å²) < 4.78 is 5.99. The van der Waals surface area contributed by atoms with Crippen molar-refractivity contribution in [3.63, 3.8) is 0 Å². The molecule has 0 saturated carbocycles. The first-order valence-corrected chi connectivity index (χ1v) is 7.48. The number of ether oxygens (including phenoxy) is 1. The number of rotatable bonds is 3. The molecule has 102 valence electrons. The molecule has 0 unspecified atom stereocenters. The van der Waals surface area contributed by atoms with Gasteiger partial charge in [-0.25, -0.2) is 0 Å². The van der Waals surface area contributed by atoms with Gasteiger partial charge in [0, 0.05) is 11.1 Å². The van der Waals surface area contributed by atoms with Crippen LogP contribution < -0.4 is 4.74 Å². The van der Waals surface area contributed by atoms with Crippen molar-refractivity contribution < 1.29 is 9.53 Å². The molecule has 0 bridgehead atoms. The molecule has 2 aromatic carbocycles. The van der Waals surface area contributed by atoms with Crippen molar-refractivity contribution in [3.8, 4) is 5.75 Å². The molecule has 3 heteroatoms. The van der Waals surface area contributed by atoms with E-state index in [0.717, 1.165) is 28.6 Å². The summed E-state index contributed by atoms with van der Waals surface area (Å²) in [6.07, 6.45) is 3.42. The third-order valence-corrected chi connectivity index (χ3v) is 4.39. The first-order chi connectivity index (χ1) is 9.69. The van der Waals surface area contributed by atoms with Gasteiger partial charge in [-0.2, -0.15) is 0 Å². The Kier molecular flexibility index (Phi) is 3.62. The topological polar surface area (TPSA) is 26.3 Å². The monoisotopic (exact) mass is 330 g/mol. The van der Waals surface area contributed by atoms with Crippen molar-refractivity contribution in [2.45, 2.75) is 19.3 Å². The van der Waals surface area contributed by atoms with Crippen LogP contribution in [0.2, 0.25) is 0 Å². The number of carbonyl (C=O) groups is 1. The molecule has 1 aliphatic rings. The second-order valence-corrected chi connectivity index (χ2v) is 5.87. The average Bonchev–Trinajstić information content (AvgIpc) is 2.93. The maximum atomic E-state index is 12.5. The third kappa shape index (κ3) is 2.38. The van der Waals surface area contributed by atoms with Gasteiger partial charge in [0.1, 0.15) is 5.75 Å². The second-order valence-electron chi connectivity index (χ2n) is 5.02. The molecule has 0 aliphatic heterocycles. The molecule has 0 saturated heterocycles. The number of fused-ring (bicyclic) bond motifs is 1. The number of aryl methyl sites for hydroxylation is 2. The van der Waals surface area contributed by atoms with E-state index in [1.165, 1.54) is 17.5 Å². The van der Waals surface area contributed by atoms with Crippen LogP contribution in [-0.2, 0) is 12.8 Å². The minimum absolute atomic E-state index is 0.0584. The standard InChI is InChI=1S/C17H15BrO2/c1-20-16-8-7-14(10-15(16)18)17(19)13-6-5-11-3-2-4-12(11)9-13/h5-10H,2-4H2,1H3. The summed E-state index contributed by atoms with van der Waals surface area (Å²) >= 11 is 3.42. The zero-order valence-electron chi connectivity index (χ0n) is 11.3. The van der Waals surface area contributed by atoms with E-state index in [9.17, 15) is 4.79 Å². The predicted octanol–water partition coefficient (Wildman–Crippen LogP) is 4.18. The van der Waals surface area contributed by atoms with Gasteiger partial charge in [-0.3, -0.25) is 4.79 Å². The number of halogens is 1. The molecule has 0 heterocycles. The van der Waals surface area contributed by atoms with Crippen LogP contribution in [0, 0.1) is 0 Å². The maximum Gasteiger partial charge on any atom is 0.193 e. The van der Waals surface area contributed by atoms with E-state index >= 15 is 0 Å². The van der Waals surface area contributed by atoms with Crippen molar-refractivity contribution >= 4 is 21.7 Å². The van der Waals surface area contributed by atoms with Crippen LogP contribution in [-0.4, -0.2) is 12.9 Å². The van der Waals surface area contributed by atoms with Gasteiger partial charge in [0.15, 0.2) is 5.78 Å². The summed E-state index contributed by atoms with van der Waals surface area (Å²) in [5.41, 5.74) is 4.15. The summed E-state index contributed by atoms with van der Waals surface area (Å²) in [4.78, 5) is 12.5. The molecule has 0 atom stereocenters. The summed E-state index contributed by atoms with van der Waals surface area (Å²) in [7, 11) is 1.61. The van der Waals surface area contributed by atoms with Gasteiger partial charge < -0.3 is 4.74 Å². The summed E-state index contributed by atoms with van der Waals surface area (Å²) in [6.45, 7) is 0. The van der Waals surface area contributed by atoms with E-state index in [4.69, 9.17) is 4.74 Å². The third-order valence-electron chi connectivity index (χ3n) is 3.77. The normalized spacial score (nSPS) is 13.1. The van der Waals surface area contributed by atoms with Crippen molar-refractivity contribution in [2.75, 3.05) is 7.11 Å². The largest absolute Gasteiger partial charge is 0.496 e. The molecule has 3 rings (SSSR count). The maximum absolute atomic E-state index is 12.5. The number of methoxy groups -OCH3 is 1. The lowest BCUT2D eigenvalue weighted by Gasteiger charge is -2.07. The lowest BCUT2D eigenvalue weighted by Crippen LogP contribution is -2.02. The molecule has 0 amide bonds. The summed E-state index contributed by atoms with van der Waals surface area (Å²) in [6, 6.07) is 11.5. The SMILES string of the molecule is COc1ccc(C(=O)c2ccc3c(c2)CCC3)cc1Br. The van der Waals surface area contributed by atoms with Crippen molar-refractivity contribution in [1.82, 2.24) is 0 Å². The van der Waals surface area contributed by atoms with Gasteiger partial charge in [-0.15, -0.1) is 0 Å². The van der Waals surface area contributed by atoms with Crippen LogP contribution in [0.5, 0.6) is 5.75 Å². The Morgan fingerprint density at radius 3 is 2.50 bits per heavy atom. The molecular weight excluding hydrogens is 316 g/mol. The van der Waals surface area contributed by atoms with Gasteiger partial charge >= 0.3 is 0 Å². The lowest BCUT2D eigenvalue weighted by molar-refractivity contribution is 0.103. The van der Waals surface area contributed by atoms with Gasteiger partial charge in [-0.05, 0) is 70.6 Å². The van der Waals surface area contributed by atoms with Crippen LogP contribution in [0.25, 0.3) is 0 Å². The number of ketones is 1. The molecule has 0 spiro atoms. The lowest BCUT2D eigenvalue weighted by atomic mass is 9.99. The van der Waals surface area contributed by atoms with E-state index in [2.05, 4.69) is 22.0 Å². The summed E-state index contributed by atoms with van der Waals surface area (Å²) in [5.74, 6) is 0.790. The fraction of sp³-hybridized carbons (Fsp3) is 0.235. The smallest absolute Gasteiger partial charge is 0.193 e. The van der Waals surface area contributed by atoms with Gasteiger partial charge in [0.25, 0.3) is 0 Å². The van der Waals surface area contributed by atoms with E-state index < -0.39 is 0 Å². The van der Waals surface area contributed by atoms with Crippen LogP contribution >= 0.6 is 15.9 Å². The zero-order chi connectivity index (χ0) is 14.1. The average molecular weight is 331 g/mol. The minimum Gasteiger partial charge on any atom is -0.496 e. The number of carbonyl (C=O) groups excluding carboxylic acids is 1. The Bertz CT molecular complexity index is 677. The van der Waals surface area contributed by atoms with E-state index in [-0.39, 0.29) is 5.78 Å². The Morgan fingerprint density at radius 2 is 1.75 bits per heavy atom. The predicted molar refractivity (Wildman–Crippen MR) is 82.6 cm³/mol. The Balaban J connectivity index is 1.94. The Hall–Kier alpha value is -1.61. The van der Waals surface area contributed by atoms with Crippen molar-refractivity contribution in [3.05, 3.63) is 63.1 Å². The first kappa shape index (κ1) is 13.4. The molecule has 0 N–H and O–H groups in total. The van der Waals surface area contributed by atoms with Gasteiger partial charge in [-0.1, -0.05) is 12.1 Å². The zero-order valence-corrected chi connectivity index (χ0v) is 12.9. The van der Waals surface area contributed by atoms with Crippen LogP contribution in [0.4, 0.5) is 0 Å². The molecule has 1 aliphatic carbocycles. The Labute approximate surface area is 126 Å². The highest BCUT2D eigenvalue weighted by Gasteiger charge is 2.16. The quantitative estimate of drug-likeness (QED) is 0.789. The highest BCUT2D eigenvalue weighted by Crippen LogP contribution is 2.28. The van der Waals surface area contributed by atoms with Crippen LogP contribution in [0.15, 0.2) is 40.9 Å². The minimum atomic E-state index is 0.0584. The molecule has 2 nitrogen and oxygen atoms in total. The number of hydrogen-bond donors (Lipinski definition) is 0. The fourth-order valence-electron chi connectivity index (χ4n) is 2.69.